The Morgan fingerprint density at radius 1 is 1.00 bits per heavy atom. The first-order chi connectivity index (χ1) is 10.9. The predicted molar refractivity (Wildman–Crippen MR) is 86.8 cm³/mol. The van der Waals surface area contributed by atoms with Gasteiger partial charge in [0.05, 0.1) is 17.3 Å². The second kappa shape index (κ2) is 7.14. The van der Waals surface area contributed by atoms with Crippen LogP contribution in [0.3, 0.4) is 0 Å². The van der Waals surface area contributed by atoms with E-state index in [1.54, 1.807) is 24.3 Å². The highest BCUT2D eigenvalue weighted by atomic mass is 79.9. The number of nitrogens with one attached hydrogen (secondary N) is 2. The van der Waals surface area contributed by atoms with Crippen molar-refractivity contribution in [1.29, 1.82) is 0 Å². The Kier molecular flexibility index (Phi) is 5.42. The minimum Gasteiger partial charge on any atom is -0.495 e. The van der Waals surface area contributed by atoms with Gasteiger partial charge in [0, 0.05) is 0 Å². The third-order valence-corrected chi connectivity index (χ3v) is 3.70. The summed E-state index contributed by atoms with van der Waals surface area (Å²) in [6.45, 7) is 0. The molecule has 0 unspecified atom stereocenters. The summed E-state index contributed by atoms with van der Waals surface area (Å²) in [7, 11) is 1.43. The average molecular weight is 409 g/mol. The third-order valence-electron chi connectivity index (χ3n) is 2.80. The lowest BCUT2D eigenvalue weighted by Crippen LogP contribution is -2.22. The van der Waals surface area contributed by atoms with Crippen LogP contribution < -0.4 is 15.4 Å². The van der Waals surface area contributed by atoms with Crippen LogP contribution in [0.1, 0.15) is 0 Å². The Morgan fingerprint density at radius 2 is 1.57 bits per heavy atom. The van der Waals surface area contributed by atoms with E-state index in [9.17, 15) is 17.6 Å². The van der Waals surface area contributed by atoms with Gasteiger partial charge in [-0.25, -0.2) is 17.6 Å². The monoisotopic (exact) mass is 408 g/mol. The van der Waals surface area contributed by atoms with Gasteiger partial charge in [-0.1, -0.05) is 12.1 Å². The Labute approximate surface area is 142 Å². The normalized spacial score (nSPS) is 10.3. The molecule has 0 aliphatic carbocycles. The van der Waals surface area contributed by atoms with E-state index in [1.165, 1.54) is 7.11 Å². The fourth-order valence-corrected chi connectivity index (χ4v) is 2.29. The number of benzene rings is 2. The molecule has 122 valence electrons. The summed E-state index contributed by atoms with van der Waals surface area (Å²) >= 11 is 7.33. The molecule has 23 heavy (non-hydrogen) atoms. The Bertz CT molecular complexity index is 744. The van der Waals surface area contributed by atoms with Gasteiger partial charge in [0.15, 0.2) is 28.4 Å². The van der Waals surface area contributed by atoms with Crippen molar-refractivity contribution >= 4 is 44.6 Å². The number of rotatable bonds is 3. The van der Waals surface area contributed by atoms with Crippen molar-refractivity contribution in [2.24, 2.45) is 0 Å². The molecule has 0 fully saturated rings. The van der Waals surface area contributed by atoms with Crippen LogP contribution in [0.25, 0.3) is 0 Å². The molecule has 0 amide bonds. The topological polar surface area (TPSA) is 33.3 Å². The highest BCUT2D eigenvalue weighted by Crippen LogP contribution is 2.31. The zero-order valence-electron chi connectivity index (χ0n) is 11.5. The van der Waals surface area contributed by atoms with Crippen molar-refractivity contribution in [3.8, 4) is 5.75 Å². The molecule has 0 aliphatic heterocycles. The predicted octanol–water partition coefficient (Wildman–Crippen LogP) is 4.82. The quantitative estimate of drug-likeness (QED) is 0.330. The number of hydrogen-bond acceptors (Lipinski definition) is 2. The second-order valence-electron chi connectivity index (χ2n) is 4.22. The molecule has 0 aromatic heterocycles. The standard InChI is InChI=1S/C14H9BrF4N2OS/c1-22-7-5-3-2-4-6(7)20-14(23)21-13-11(18)9(16)8(15)10(17)12(13)19/h2-5H,1H3,(H2,20,21,23). The Morgan fingerprint density at radius 3 is 2.13 bits per heavy atom. The molecule has 3 nitrogen and oxygen atoms in total. The van der Waals surface area contributed by atoms with Gasteiger partial charge in [0.25, 0.3) is 0 Å². The number of hydrogen-bond donors (Lipinski definition) is 2. The first-order valence-electron chi connectivity index (χ1n) is 6.09. The zero-order valence-corrected chi connectivity index (χ0v) is 13.9. The van der Waals surface area contributed by atoms with Gasteiger partial charge in [0.1, 0.15) is 11.4 Å². The maximum atomic E-state index is 13.8. The summed E-state index contributed by atoms with van der Waals surface area (Å²) in [5.74, 6) is -5.90. The average Bonchev–Trinajstić information content (AvgIpc) is 2.55. The maximum Gasteiger partial charge on any atom is 0.186 e. The second-order valence-corrected chi connectivity index (χ2v) is 5.43. The van der Waals surface area contributed by atoms with Crippen molar-refractivity contribution in [2.45, 2.75) is 0 Å². The molecule has 0 radical (unpaired) electrons. The van der Waals surface area contributed by atoms with Gasteiger partial charge in [-0.2, -0.15) is 0 Å². The molecule has 0 saturated carbocycles. The molecule has 9 heteroatoms. The molecule has 0 heterocycles. The summed E-state index contributed by atoms with van der Waals surface area (Å²) < 4.78 is 58.6. The minimum atomic E-state index is -1.60. The fourth-order valence-electron chi connectivity index (χ4n) is 1.73. The van der Waals surface area contributed by atoms with Crippen LogP contribution in [0.15, 0.2) is 28.7 Å². The zero-order chi connectivity index (χ0) is 17.1. The molecule has 2 aromatic carbocycles. The number of para-hydroxylation sites is 2. The molecule has 0 saturated heterocycles. The maximum absolute atomic E-state index is 13.8. The lowest BCUT2D eigenvalue weighted by atomic mass is 10.2. The van der Waals surface area contributed by atoms with Crippen molar-refractivity contribution in [2.75, 3.05) is 17.7 Å². The molecule has 2 aromatic rings. The van der Waals surface area contributed by atoms with Gasteiger partial charge in [0.2, 0.25) is 0 Å². The number of thiocarbonyl (C=S) groups is 1. The van der Waals surface area contributed by atoms with Crippen LogP contribution in [-0.4, -0.2) is 12.2 Å². The van der Waals surface area contributed by atoms with Gasteiger partial charge >= 0.3 is 0 Å². The van der Waals surface area contributed by atoms with Crippen molar-refractivity contribution in [1.82, 2.24) is 0 Å². The van der Waals surface area contributed by atoms with Crippen LogP contribution in [0, 0.1) is 23.3 Å². The first kappa shape index (κ1) is 17.5. The van der Waals surface area contributed by atoms with E-state index in [0.29, 0.717) is 11.4 Å². The van der Waals surface area contributed by atoms with Crippen LogP contribution >= 0.6 is 28.1 Å². The van der Waals surface area contributed by atoms with E-state index in [4.69, 9.17) is 17.0 Å². The van der Waals surface area contributed by atoms with Gasteiger partial charge in [-0.15, -0.1) is 0 Å². The van der Waals surface area contributed by atoms with E-state index in [1.807, 2.05) is 0 Å². The first-order valence-corrected chi connectivity index (χ1v) is 7.29. The molecule has 2 rings (SSSR count). The lowest BCUT2D eigenvalue weighted by Gasteiger charge is -2.15. The molecule has 0 atom stereocenters. The summed E-state index contributed by atoms with van der Waals surface area (Å²) in [5.41, 5.74) is -0.623. The molecule has 0 bridgehead atoms. The highest BCUT2D eigenvalue weighted by Gasteiger charge is 2.24. The SMILES string of the molecule is COc1ccccc1NC(=S)Nc1c(F)c(F)c(Br)c(F)c1F. The van der Waals surface area contributed by atoms with E-state index < -0.39 is 33.4 Å². The molecular formula is C14H9BrF4N2OS. The minimum absolute atomic E-state index is 0.270. The summed E-state index contributed by atoms with van der Waals surface area (Å²) in [6.07, 6.45) is 0. The van der Waals surface area contributed by atoms with Crippen LogP contribution in [0.4, 0.5) is 28.9 Å². The van der Waals surface area contributed by atoms with E-state index in [0.717, 1.165) is 0 Å². The largest absolute Gasteiger partial charge is 0.495 e. The Balaban J connectivity index is 2.28. The summed E-state index contributed by atoms with van der Waals surface area (Å²) in [4.78, 5) is 0. The summed E-state index contributed by atoms with van der Waals surface area (Å²) in [6, 6.07) is 6.61. The van der Waals surface area contributed by atoms with Crippen LogP contribution in [0.2, 0.25) is 0 Å². The smallest absolute Gasteiger partial charge is 0.186 e. The molecule has 0 spiro atoms. The number of ether oxygens (including phenoxy) is 1. The Hall–Kier alpha value is -1.87. The number of anilines is 2. The molecule has 2 N–H and O–H groups in total. The third kappa shape index (κ3) is 3.56. The van der Waals surface area contributed by atoms with E-state index >= 15 is 0 Å². The van der Waals surface area contributed by atoms with Crippen molar-refractivity contribution in [3.05, 3.63) is 52.0 Å². The van der Waals surface area contributed by atoms with Crippen molar-refractivity contribution < 1.29 is 22.3 Å². The van der Waals surface area contributed by atoms with E-state index in [-0.39, 0.29) is 5.11 Å². The molecule has 0 aliphatic rings. The van der Waals surface area contributed by atoms with E-state index in [2.05, 4.69) is 26.6 Å². The number of methoxy groups -OCH3 is 1. The molecular weight excluding hydrogens is 400 g/mol. The van der Waals surface area contributed by atoms with Crippen LogP contribution in [0.5, 0.6) is 5.75 Å². The van der Waals surface area contributed by atoms with Gasteiger partial charge in [-0.05, 0) is 40.3 Å². The van der Waals surface area contributed by atoms with Gasteiger partial charge in [-0.3, -0.25) is 0 Å². The summed E-state index contributed by atoms with van der Waals surface area (Å²) in [5, 5.41) is 4.45. The van der Waals surface area contributed by atoms with Gasteiger partial charge < -0.3 is 15.4 Å². The van der Waals surface area contributed by atoms with Crippen molar-refractivity contribution in [3.63, 3.8) is 0 Å². The lowest BCUT2D eigenvalue weighted by molar-refractivity contribution is 0.417. The van der Waals surface area contributed by atoms with Crippen LogP contribution in [-0.2, 0) is 0 Å². The fraction of sp³-hybridized carbons (Fsp3) is 0.0714. The highest BCUT2D eigenvalue weighted by molar-refractivity contribution is 9.10. The number of halogens is 5.